The summed E-state index contributed by atoms with van der Waals surface area (Å²) < 4.78 is 4.82. The van der Waals surface area contributed by atoms with Gasteiger partial charge in [0.15, 0.2) is 11.7 Å². The summed E-state index contributed by atoms with van der Waals surface area (Å²) >= 11 is 0. The van der Waals surface area contributed by atoms with Gasteiger partial charge in [0.25, 0.3) is 0 Å². The van der Waals surface area contributed by atoms with Gasteiger partial charge in [-0.1, -0.05) is 6.58 Å². The van der Waals surface area contributed by atoms with Crippen LogP contribution in [0.2, 0.25) is 0 Å². The molecule has 0 aliphatic carbocycles. The SMILES string of the molecule is C=C1c2cnn(N)c2NC(=O)C1C(=O)OCC. The van der Waals surface area contributed by atoms with Crippen LogP contribution in [-0.2, 0) is 14.3 Å². The number of aromatic nitrogens is 2. The highest BCUT2D eigenvalue weighted by atomic mass is 16.5. The number of carbonyl (C=O) groups is 2. The van der Waals surface area contributed by atoms with Gasteiger partial charge in [0.2, 0.25) is 5.91 Å². The van der Waals surface area contributed by atoms with Crippen LogP contribution < -0.4 is 11.2 Å². The van der Waals surface area contributed by atoms with E-state index in [2.05, 4.69) is 17.0 Å². The number of nitrogens with zero attached hydrogens (tertiary/aromatic N) is 2. The third kappa shape index (κ3) is 1.65. The molecular formula is C10H12N4O3. The third-order valence-corrected chi connectivity index (χ3v) is 2.52. The molecule has 0 saturated heterocycles. The Hall–Kier alpha value is -2.31. The number of fused-ring (bicyclic) bond motifs is 1. The smallest absolute Gasteiger partial charge is 0.323 e. The molecular weight excluding hydrogens is 224 g/mol. The van der Waals surface area contributed by atoms with Gasteiger partial charge in [0.05, 0.1) is 12.8 Å². The van der Waals surface area contributed by atoms with Crippen molar-refractivity contribution in [2.45, 2.75) is 6.92 Å². The van der Waals surface area contributed by atoms with Crippen LogP contribution in [0.15, 0.2) is 12.8 Å². The Labute approximate surface area is 97.2 Å². The largest absolute Gasteiger partial charge is 0.465 e. The molecule has 90 valence electrons. The van der Waals surface area contributed by atoms with Crippen molar-refractivity contribution in [1.29, 1.82) is 0 Å². The topological polar surface area (TPSA) is 99.2 Å². The molecule has 1 aromatic heterocycles. The minimum Gasteiger partial charge on any atom is -0.465 e. The molecule has 1 aliphatic heterocycles. The summed E-state index contributed by atoms with van der Waals surface area (Å²) in [7, 11) is 0. The average Bonchev–Trinajstić information content (AvgIpc) is 2.61. The predicted octanol–water partition coefficient (Wildman–Crippen LogP) is -0.259. The molecule has 2 rings (SSSR count). The highest BCUT2D eigenvalue weighted by Gasteiger charge is 2.38. The van der Waals surface area contributed by atoms with Gasteiger partial charge in [0, 0.05) is 5.56 Å². The van der Waals surface area contributed by atoms with E-state index >= 15 is 0 Å². The number of carbonyl (C=O) groups excluding carboxylic acids is 2. The van der Waals surface area contributed by atoms with E-state index < -0.39 is 17.8 Å². The van der Waals surface area contributed by atoms with Crippen LogP contribution in [0.1, 0.15) is 12.5 Å². The van der Waals surface area contributed by atoms with Crippen LogP contribution >= 0.6 is 0 Å². The minimum absolute atomic E-state index is 0.207. The number of nitrogens with one attached hydrogen (secondary N) is 1. The van der Waals surface area contributed by atoms with Crippen molar-refractivity contribution >= 4 is 23.3 Å². The molecule has 1 amide bonds. The van der Waals surface area contributed by atoms with Crippen molar-refractivity contribution in [3.05, 3.63) is 18.3 Å². The van der Waals surface area contributed by atoms with E-state index in [0.717, 1.165) is 4.79 Å². The summed E-state index contributed by atoms with van der Waals surface area (Å²) in [4.78, 5) is 24.4. The first-order chi connectivity index (χ1) is 8.06. The maximum absolute atomic E-state index is 11.8. The second-order valence-electron chi connectivity index (χ2n) is 3.55. The van der Waals surface area contributed by atoms with Gasteiger partial charge in [-0.05, 0) is 12.5 Å². The summed E-state index contributed by atoms with van der Waals surface area (Å²) in [5.74, 6) is 3.67. The molecule has 7 nitrogen and oxygen atoms in total. The van der Waals surface area contributed by atoms with Gasteiger partial charge in [-0.2, -0.15) is 9.89 Å². The zero-order valence-corrected chi connectivity index (χ0v) is 9.27. The molecule has 1 aromatic rings. The van der Waals surface area contributed by atoms with Crippen LogP contribution in [0.5, 0.6) is 0 Å². The Morgan fingerprint density at radius 2 is 2.47 bits per heavy atom. The van der Waals surface area contributed by atoms with Crippen molar-refractivity contribution in [1.82, 2.24) is 9.89 Å². The number of esters is 1. The molecule has 17 heavy (non-hydrogen) atoms. The molecule has 0 aromatic carbocycles. The second kappa shape index (κ2) is 3.93. The van der Waals surface area contributed by atoms with Gasteiger partial charge >= 0.3 is 5.97 Å². The van der Waals surface area contributed by atoms with Crippen molar-refractivity contribution in [2.75, 3.05) is 17.8 Å². The minimum atomic E-state index is -1.04. The second-order valence-corrected chi connectivity index (χ2v) is 3.55. The van der Waals surface area contributed by atoms with Crippen LogP contribution in [-0.4, -0.2) is 28.4 Å². The predicted molar refractivity (Wildman–Crippen MR) is 60.2 cm³/mol. The van der Waals surface area contributed by atoms with E-state index in [9.17, 15) is 9.59 Å². The van der Waals surface area contributed by atoms with Gasteiger partial charge in [-0.25, -0.2) is 0 Å². The Kier molecular flexibility index (Phi) is 2.58. The molecule has 0 radical (unpaired) electrons. The number of rotatable bonds is 2. The lowest BCUT2D eigenvalue weighted by atomic mass is 9.91. The summed E-state index contributed by atoms with van der Waals surface area (Å²) in [5, 5.41) is 6.29. The van der Waals surface area contributed by atoms with Gasteiger partial charge in [-0.15, -0.1) is 0 Å². The van der Waals surface area contributed by atoms with E-state index in [4.69, 9.17) is 10.6 Å². The van der Waals surface area contributed by atoms with Crippen LogP contribution in [0, 0.1) is 5.92 Å². The van der Waals surface area contributed by atoms with Crippen molar-refractivity contribution in [3.63, 3.8) is 0 Å². The van der Waals surface area contributed by atoms with E-state index in [0.29, 0.717) is 17.0 Å². The molecule has 2 heterocycles. The Morgan fingerprint density at radius 3 is 3.12 bits per heavy atom. The molecule has 7 heteroatoms. The highest BCUT2D eigenvalue weighted by molar-refractivity contribution is 6.17. The first-order valence-electron chi connectivity index (χ1n) is 5.06. The number of nitrogen functional groups attached to an aromatic ring is 1. The van der Waals surface area contributed by atoms with Crippen molar-refractivity contribution in [3.8, 4) is 0 Å². The third-order valence-electron chi connectivity index (χ3n) is 2.52. The fourth-order valence-corrected chi connectivity index (χ4v) is 1.70. The maximum Gasteiger partial charge on any atom is 0.323 e. The standard InChI is InChI=1S/C10H12N4O3/c1-3-17-10(16)7-5(2)6-4-12-14(11)8(6)13-9(7)15/h4,7H,2-3,11H2,1H3,(H,13,15). The molecule has 0 bridgehead atoms. The monoisotopic (exact) mass is 236 g/mol. The fraction of sp³-hybridized carbons (Fsp3) is 0.300. The van der Waals surface area contributed by atoms with Gasteiger partial charge < -0.3 is 15.9 Å². The van der Waals surface area contributed by atoms with Crippen LogP contribution in [0.3, 0.4) is 0 Å². The Bertz CT molecular complexity index is 506. The zero-order valence-electron chi connectivity index (χ0n) is 9.27. The zero-order chi connectivity index (χ0) is 12.6. The number of hydrogen-bond donors (Lipinski definition) is 2. The Balaban J connectivity index is 2.37. The van der Waals surface area contributed by atoms with E-state index in [1.807, 2.05) is 0 Å². The van der Waals surface area contributed by atoms with Crippen molar-refractivity contribution in [2.24, 2.45) is 5.92 Å². The molecule has 0 saturated carbocycles. The molecule has 1 unspecified atom stereocenters. The van der Waals surface area contributed by atoms with Crippen LogP contribution in [0.4, 0.5) is 5.82 Å². The summed E-state index contributed by atoms with van der Waals surface area (Å²) in [6, 6.07) is 0. The number of nitrogens with two attached hydrogens (primary N) is 1. The molecule has 0 spiro atoms. The van der Waals surface area contributed by atoms with E-state index in [1.165, 1.54) is 6.20 Å². The average molecular weight is 236 g/mol. The maximum atomic E-state index is 11.8. The molecule has 1 atom stereocenters. The fourth-order valence-electron chi connectivity index (χ4n) is 1.70. The van der Waals surface area contributed by atoms with E-state index in [-0.39, 0.29) is 6.61 Å². The summed E-state index contributed by atoms with van der Waals surface area (Å²) in [6.45, 7) is 5.61. The quantitative estimate of drug-likeness (QED) is 0.419. The molecule has 0 fully saturated rings. The van der Waals surface area contributed by atoms with Gasteiger partial charge in [-0.3, -0.25) is 9.59 Å². The number of anilines is 1. The lowest BCUT2D eigenvalue weighted by Gasteiger charge is -2.22. The number of hydrogen-bond acceptors (Lipinski definition) is 5. The molecule has 1 aliphatic rings. The molecule has 3 N–H and O–H groups in total. The lowest BCUT2D eigenvalue weighted by molar-refractivity contribution is -0.148. The normalized spacial score (nSPS) is 18.5. The van der Waals surface area contributed by atoms with Gasteiger partial charge in [0.1, 0.15) is 0 Å². The lowest BCUT2D eigenvalue weighted by Crippen LogP contribution is -2.36. The highest BCUT2D eigenvalue weighted by Crippen LogP contribution is 2.33. The van der Waals surface area contributed by atoms with Crippen LogP contribution in [0.25, 0.3) is 5.57 Å². The first kappa shape index (κ1) is 11.2. The first-order valence-corrected chi connectivity index (χ1v) is 5.06. The number of ether oxygens (including phenoxy) is 1. The van der Waals surface area contributed by atoms with E-state index in [1.54, 1.807) is 6.92 Å². The Morgan fingerprint density at radius 1 is 1.76 bits per heavy atom. The number of amides is 1. The summed E-state index contributed by atoms with van der Waals surface area (Å²) in [5.41, 5.74) is 0.893. The summed E-state index contributed by atoms with van der Waals surface area (Å²) in [6.07, 6.45) is 1.45. The van der Waals surface area contributed by atoms with Crippen molar-refractivity contribution < 1.29 is 14.3 Å².